The van der Waals surface area contributed by atoms with Gasteiger partial charge in [-0.15, -0.1) is 0 Å². The minimum absolute atomic E-state index is 0.221. The van der Waals surface area contributed by atoms with Crippen LogP contribution in [0.2, 0.25) is 0 Å². The molecule has 0 aromatic heterocycles. The third-order valence-corrected chi connectivity index (χ3v) is 4.19. The highest BCUT2D eigenvalue weighted by Gasteiger charge is 2.31. The maximum absolute atomic E-state index is 12.6. The Hall–Kier alpha value is -2.22. The molecule has 8 heteroatoms. The van der Waals surface area contributed by atoms with Crippen LogP contribution in [0.25, 0.3) is 0 Å². The number of rotatable bonds is 4. The molecule has 0 unspecified atom stereocenters. The van der Waals surface area contributed by atoms with Gasteiger partial charge in [0.2, 0.25) is 0 Å². The summed E-state index contributed by atoms with van der Waals surface area (Å²) in [4.78, 5) is -0.460. The number of hydrogen-bond donors (Lipinski definition) is 1. The second kappa shape index (κ2) is 5.88. The Morgan fingerprint density at radius 2 is 1.68 bits per heavy atom. The number of methoxy groups -OCH3 is 1. The van der Waals surface area contributed by atoms with Crippen molar-refractivity contribution in [3.05, 3.63) is 54.1 Å². The summed E-state index contributed by atoms with van der Waals surface area (Å²) in [6, 6.07) is 9.51. The quantitative estimate of drug-likeness (QED) is 0.933. The van der Waals surface area contributed by atoms with Gasteiger partial charge in [-0.3, -0.25) is 4.72 Å². The molecular formula is C14H12F3NO3S. The van der Waals surface area contributed by atoms with Crippen molar-refractivity contribution >= 4 is 15.7 Å². The van der Waals surface area contributed by atoms with Crippen molar-refractivity contribution in [1.82, 2.24) is 0 Å². The number of sulfonamides is 1. The molecule has 0 aliphatic heterocycles. The average Bonchev–Trinajstić information content (AvgIpc) is 2.47. The standard InChI is InChI=1S/C14H12F3NO3S/c1-21-12-7-5-11(6-8-12)18-22(19,20)13-4-2-3-10(9-13)14(15,16)17/h2-9,18H,1H3. The lowest BCUT2D eigenvalue weighted by molar-refractivity contribution is -0.137. The molecule has 0 radical (unpaired) electrons. The first-order valence-corrected chi connectivity index (χ1v) is 7.55. The number of anilines is 1. The molecule has 0 amide bonds. The van der Waals surface area contributed by atoms with Gasteiger partial charge in [0.25, 0.3) is 10.0 Å². The lowest BCUT2D eigenvalue weighted by Gasteiger charge is -2.11. The minimum Gasteiger partial charge on any atom is -0.497 e. The number of nitrogens with one attached hydrogen (secondary N) is 1. The van der Waals surface area contributed by atoms with E-state index in [1.165, 1.54) is 31.4 Å². The lowest BCUT2D eigenvalue weighted by Crippen LogP contribution is -2.14. The highest BCUT2D eigenvalue weighted by Crippen LogP contribution is 2.31. The zero-order chi connectivity index (χ0) is 16.4. The molecule has 118 valence electrons. The summed E-state index contributed by atoms with van der Waals surface area (Å²) >= 11 is 0. The predicted octanol–water partition coefficient (Wildman–Crippen LogP) is 3.51. The maximum atomic E-state index is 12.6. The van der Waals surface area contributed by atoms with E-state index >= 15 is 0 Å². The van der Waals surface area contributed by atoms with Crippen LogP contribution in [0.1, 0.15) is 5.56 Å². The molecule has 0 aliphatic rings. The van der Waals surface area contributed by atoms with E-state index in [9.17, 15) is 21.6 Å². The molecule has 0 saturated carbocycles. The van der Waals surface area contributed by atoms with Crippen LogP contribution in [-0.4, -0.2) is 15.5 Å². The fourth-order valence-electron chi connectivity index (χ4n) is 1.71. The summed E-state index contributed by atoms with van der Waals surface area (Å²) in [6.45, 7) is 0. The molecular weight excluding hydrogens is 319 g/mol. The van der Waals surface area contributed by atoms with Gasteiger partial charge in [0.1, 0.15) is 5.75 Å². The Labute approximate surface area is 125 Å². The number of benzene rings is 2. The van der Waals surface area contributed by atoms with Crippen LogP contribution in [0.5, 0.6) is 5.75 Å². The molecule has 2 rings (SSSR count). The molecule has 1 N–H and O–H groups in total. The Morgan fingerprint density at radius 1 is 1.05 bits per heavy atom. The third kappa shape index (κ3) is 3.70. The highest BCUT2D eigenvalue weighted by atomic mass is 32.2. The SMILES string of the molecule is COc1ccc(NS(=O)(=O)c2cccc(C(F)(F)F)c2)cc1. The van der Waals surface area contributed by atoms with Crippen molar-refractivity contribution in [1.29, 1.82) is 0 Å². The van der Waals surface area contributed by atoms with Gasteiger partial charge in [0.15, 0.2) is 0 Å². The van der Waals surface area contributed by atoms with E-state index in [0.29, 0.717) is 11.8 Å². The molecule has 0 bridgehead atoms. The average molecular weight is 331 g/mol. The van der Waals surface area contributed by atoms with E-state index in [1.807, 2.05) is 0 Å². The monoisotopic (exact) mass is 331 g/mol. The topological polar surface area (TPSA) is 55.4 Å². The fraction of sp³-hybridized carbons (Fsp3) is 0.143. The zero-order valence-corrected chi connectivity index (χ0v) is 12.2. The van der Waals surface area contributed by atoms with Crippen LogP contribution in [0.15, 0.2) is 53.4 Å². The minimum atomic E-state index is -4.61. The largest absolute Gasteiger partial charge is 0.497 e. The van der Waals surface area contributed by atoms with Crippen LogP contribution in [-0.2, 0) is 16.2 Å². The molecule has 4 nitrogen and oxygen atoms in total. The van der Waals surface area contributed by atoms with Gasteiger partial charge in [-0.25, -0.2) is 8.42 Å². The maximum Gasteiger partial charge on any atom is 0.416 e. The van der Waals surface area contributed by atoms with Crippen molar-refractivity contribution < 1.29 is 26.3 Å². The summed E-state index contributed by atoms with van der Waals surface area (Å²) in [5.41, 5.74) is -0.802. The fourth-order valence-corrected chi connectivity index (χ4v) is 2.82. The molecule has 0 saturated heterocycles. The first-order chi connectivity index (χ1) is 10.2. The number of hydrogen-bond acceptors (Lipinski definition) is 3. The van der Waals surface area contributed by atoms with Crippen molar-refractivity contribution in [3.63, 3.8) is 0 Å². The van der Waals surface area contributed by atoms with Gasteiger partial charge in [0, 0.05) is 5.69 Å². The van der Waals surface area contributed by atoms with E-state index in [0.717, 1.165) is 18.2 Å². The van der Waals surface area contributed by atoms with Gasteiger partial charge < -0.3 is 4.74 Å². The van der Waals surface area contributed by atoms with Crippen molar-refractivity contribution in [2.45, 2.75) is 11.1 Å². The highest BCUT2D eigenvalue weighted by molar-refractivity contribution is 7.92. The molecule has 22 heavy (non-hydrogen) atoms. The molecule has 0 fully saturated rings. The van der Waals surface area contributed by atoms with Crippen LogP contribution in [0, 0.1) is 0 Å². The lowest BCUT2D eigenvalue weighted by atomic mass is 10.2. The van der Waals surface area contributed by atoms with E-state index in [-0.39, 0.29) is 5.69 Å². The summed E-state index contributed by atoms with van der Waals surface area (Å²) in [6.07, 6.45) is -4.61. The molecule has 0 spiro atoms. The van der Waals surface area contributed by atoms with Gasteiger partial charge in [0.05, 0.1) is 17.6 Å². The van der Waals surface area contributed by atoms with Crippen molar-refractivity contribution in [3.8, 4) is 5.75 Å². The molecule has 2 aromatic carbocycles. The van der Waals surface area contributed by atoms with Crippen LogP contribution in [0.3, 0.4) is 0 Å². The molecule has 0 atom stereocenters. The van der Waals surface area contributed by atoms with Crippen molar-refractivity contribution in [2.75, 3.05) is 11.8 Å². The molecule has 2 aromatic rings. The van der Waals surface area contributed by atoms with E-state index < -0.39 is 26.7 Å². The van der Waals surface area contributed by atoms with Gasteiger partial charge in [-0.05, 0) is 42.5 Å². The first-order valence-electron chi connectivity index (χ1n) is 6.06. The Balaban J connectivity index is 2.30. The first kappa shape index (κ1) is 16.2. The summed E-state index contributed by atoms with van der Waals surface area (Å²) in [7, 11) is -2.65. The summed E-state index contributed by atoms with van der Waals surface area (Å²) < 4.78 is 69.3. The third-order valence-electron chi connectivity index (χ3n) is 2.81. The second-order valence-electron chi connectivity index (χ2n) is 4.36. The van der Waals surface area contributed by atoms with Gasteiger partial charge >= 0.3 is 6.18 Å². The van der Waals surface area contributed by atoms with E-state index in [4.69, 9.17) is 4.74 Å². The van der Waals surface area contributed by atoms with E-state index in [1.54, 1.807) is 0 Å². The number of alkyl halides is 3. The van der Waals surface area contributed by atoms with Crippen LogP contribution in [0.4, 0.5) is 18.9 Å². The second-order valence-corrected chi connectivity index (χ2v) is 6.04. The van der Waals surface area contributed by atoms with E-state index in [2.05, 4.69) is 4.72 Å². The Kier molecular flexibility index (Phi) is 4.32. The van der Waals surface area contributed by atoms with Gasteiger partial charge in [-0.1, -0.05) is 6.07 Å². The smallest absolute Gasteiger partial charge is 0.416 e. The Bertz CT molecular complexity index is 756. The van der Waals surface area contributed by atoms with Crippen LogP contribution >= 0.6 is 0 Å². The molecule has 0 aliphatic carbocycles. The predicted molar refractivity (Wildman–Crippen MR) is 75.2 cm³/mol. The van der Waals surface area contributed by atoms with Gasteiger partial charge in [-0.2, -0.15) is 13.2 Å². The molecule has 0 heterocycles. The van der Waals surface area contributed by atoms with Crippen molar-refractivity contribution in [2.24, 2.45) is 0 Å². The Morgan fingerprint density at radius 3 is 2.23 bits per heavy atom. The van der Waals surface area contributed by atoms with Crippen LogP contribution < -0.4 is 9.46 Å². The zero-order valence-electron chi connectivity index (χ0n) is 11.4. The number of halogens is 3. The summed E-state index contributed by atoms with van der Waals surface area (Å²) in [5, 5.41) is 0. The summed E-state index contributed by atoms with van der Waals surface area (Å²) in [5.74, 6) is 0.530. The normalized spacial score (nSPS) is 12.0. The number of ether oxygens (including phenoxy) is 1.